The van der Waals surface area contributed by atoms with Crippen molar-refractivity contribution in [3.8, 4) is 0 Å². The molecule has 8 heavy (non-hydrogen) atoms. The molecule has 1 unspecified atom stereocenters. The Bertz CT molecular complexity index is 96.7. The summed E-state index contributed by atoms with van der Waals surface area (Å²) in [4.78, 5) is 0. The van der Waals surface area contributed by atoms with E-state index in [9.17, 15) is 4.21 Å². The van der Waals surface area contributed by atoms with E-state index in [0.717, 1.165) is 0 Å². The monoisotopic (exact) mass is 137 g/mol. The van der Waals surface area contributed by atoms with Crippen LogP contribution in [-0.2, 0) is 11.1 Å². The zero-order valence-electron chi connectivity index (χ0n) is 5.05. The molecular formula is C4H11NO2S. The topological polar surface area (TPSA) is 63.3 Å². The van der Waals surface area contributed by atoms with Crippen molar-refractivity contribution in [3.05, 3.63) is 0 Å². The summed E-state index contributed by atoms with van der Waals surface area (Å²) in [5.41, 5.74) is 4.86. The summed E-state index contributed by atoms with van der Waals surface area (Å²) >= 11 is -1.76. The lowest BCUT2D eigenvalue weighted by Gasteiger charge is -2.14. The molecular weight excluding hydrogens is 126 g/mol. The highest BCUT2D eigenvalue weighted by Crippen LogP contribution is 1.96. The SMILES string of the molecule is CC(C)(N)CS(=O)O. The van der Waals surface area contributed by atoms with Gasteiger partial charge in [-0.1, -0.05) is 0 Å². The summed E-state index contributed by atoms with van der Waals surface area (Å²) in [6.07, 6.45) is 0. The lowest BCUT2D eigenvalue weighted by molar-refractivity contribution is 0.524. The smallest absolute Gasteiger partial charge is 0.154 e. The maximum atomic E-state index is 10.0. The Kier molecular flexibility index (Phi) is 2.59. The summed E-state index contributed by atoms with van der Waals surface area (Å²) in [6, 6.07) is 0. The quantitative estimate of drug-likeness (QED) is 0.524. The first kappa shape index (κ1) is 8.07. The van der Waals surface area contributed by atoms with Crippen molar-refractivity contribution in [1.82, 2.24) is 0 Å². The van der Waals surface area contributed by atoms with Crippen LogP contribution in [0, 0.1) is 0 Å². The maximum absolute atomic E-state index is 10.0. The van der Waals surface area contributed by atoms with E-state index in [1.54, 1.807) is 13.8 Å². The Labute approximate surface area is 51.6 Å². The lowest BCUT2D eigenvalue weighted by Crippen LogP contribution is -2.37. The molecule has 0 aliphatic carbocycles. The van der Waals surface area contributed by atoms with Crippen molar-refractivity contribution in [1.29, 1.82) is 0 Å². The number of hydrogen-bond acceptors (Lipinski definition) is 2. The maximum Gasteiger partial charge on any atom is 0.154 e. The Balaban J connectivity index is 3.55. The van der Waals surface area contributed by atoms with Gasteiger partial charge in [-0.25, -0.2) is 4.21 Å². The molecule has 0 amide bonds. The van der Waals surface area contributed by atoms with E-state index in [1.165, 1.54) is 0 Å². The van der Waals surface area contributed by atoms with E-state index in [1.807, 2.05) is 0 Å². The first-order valence-corrected chi connectivity index (χ1v) is 3.56. The van der Waals surface area contributed by atoms with Crippen LogP contribution in [0.4, 0.5) is 0 Å². The minimum atomic E-state index is -1.76. The largest absolute Gasteiger partial charge is 0.325 e. The van der Waals surface area contributed by atoms with Gasteiger partial charge in [0, 0.05) is 5.54 Å². The molecule has 3 N–H and O–H groups in total. The van der Waals surface area contributed by atoms with Crippen LogP contribution < -0.4 is 5.73 Å². The van der Waals surface area contributed by atoms with Crippen molar-refractivity contribution in [2.24, 2.45) is 5.73 Å². The van der Waals surface area contributed by atoms with Gasteiger partial charge in [-0.05, 0) is 13.8 Å². The molecule has 0 heterocycles. The normalized spacial score (nSPS) is 16.0. The van der Waals surface area contributed by atoms with Crippen LogP contribution >= 0.6 is 0 Å². The van der Waals surface area contributed by atoms with Crippen LogP contribution in [0.1, 0.15) is 13.8 Å². The third kappa shape index (κ3) is 6.07. The van der Waals surface area contributed by atoms with Crippen molar-refractivity contribution >= 4 is 11.1 Å². The van der Waals surface area contributed by atoms with Crippen molar-refractivity contribution < 1.29 is 8.76 Å². The van der Waals surface area contributed by atoms with Crippen LogP contribution in [0.5, 0.6) is 0 Å². The molecule has 0 aliphatic rings. The molecule has 0 aromatic rings. The van der Waals surface area contributed by atoms with Gasteiger partial charge in [0.1, 0.15) is 0 Å². The predicted octanol–water partition coefficient (Wildman–Crippen LogP) is -0.0546. The lowest BCUT2D eigenvalue weighted by atomic mass is 10.1. The average molecular weight is 137 g/mol. The zero-order chi connectivity index (χ0) is 6.78. The standard InChI is InChI=1S/C4H11NO2S/c1-4(2,5)3-8(6)7/h3,5H2,1-2H3,(H,6,7). The molecule has 0 aliphatic heterocycles. The van der Waals surface area contributed by atoms with Gasteiger partial charge in [0.15, 0.2) is 11.1 Å². The highest BCUT2D eigenvalue weighted by molar-refractivity contribution is 7.79. The van der Waals surface area contributed by atoms with Gasteiger partial charge in [0.05, 0.1) is 5.75 Å². The molecule has 0 bridgehead atoms. The van der Waals surface area contributed by atoms with Crippen molar-refractivity contribution in [3.63, 3.8) is 0 Å². The fourth-order valence-electron chi connectivity index (χ4n) is 0.318. The van der Waals surface area contributed by atoms with Gasteiger partial charge in [0.2, 0.25) is 0 Å². The van der Waals surface area contributed by atoms with Crippen LogP contribution in [-0.4, -0.2) is 20.1 Å². The molecule has 0 rings (SSSR count). The number of hydrogen-bond donors (Lipinski definition) is 2. The van der Waals surface area contributed by atoms with Gasteiger partial charge >= 0.3 is 0 Å². The first-order chi connectivity index (χ1) is 3.42. The van der Waals surface area contributed by atoms with Crippen LogP contribution in [0.15, 0.2) is 0 Å². The summed E-state index contributed by atoms with van der Waals surface area (Å²) in [5.74, 6) is 0.132. The van der Waals surface area contributed by atoms with E-state index in [0.29, 0.717) is 0 Å². The van der Waals surface area contributed by atoms with Gasteiger partial charge in [0.25, 0.3) is 0 Å². The molecule has 0 aromatic carbocycles. The Morgan fingerprint density at radius 3 is 2.12 bits per heavy atom. The Morgan fingerprint density at radius 2 is 2.12 bits per heavy atom. The van der Waals surface area contributed by atoms with E-state index < -0.39 is 16.6 Å². The zero-order valence-corrected chi connectivity index (χ0v) is 5.86. The van der Waals surface area contributed by atoms with E-state index >= 15 is 0 Å². The molecule has 4 heteroatoms. The fourth-order valence-corrected chi connectivity index (χ4v) is 0.955. The third-order valence-corrected chi connectivity index (χ3v) is 1.49. The average Bonchev–Trinajstić information content (AvgIpc) is 1.21. The molecule has 1 atom stereocenters. The Morgan fingerprint density at radius 1 is 1.75 bits per heavy atom. The van der Waals surface area contributed by atoms with Crippen molar-refractivity contribution in [2.45, 2.75) is 19.4 Å². The molecule has 0 saturated carbocycles. The molecule has 0 aromatic heterocycles. The molecule has 0 saturated heterocycles. The predicted molar refractivity (Wildman–Crippen MR) is 33.9 cm³/mol. The number of rotatable bonds is 2. The minimum absolute atomic E-state index is 0.132. The second-order valence-corrected chi connectivity index (χ2v) is 3.39. The molecule has 0 spiro atoms. The highest BCUT2D eigenvalue weighted by atomic mass is 32.2. The van der Waals surface area contributed by atoms with Crippen LogP contribution in [0.2, 0.25) is 0 Å². The summed E-state index contributed by atoms with van der Waals surface area (Å²) < 4.78 is 18.3. The molecule has 3 nitrogen and oxygen atoms in total. The van der Waals surface area contributed by atoms with Crippen molar-refractivity contribution in [2.75, 3.05) is 5.75 Å². The fraction of sp³-hybridized carbons (Fsp3) is 1.00. The second kappa shape index (κ2) is 2.57. The first-order valence-electron chi connectivity index (χ1n) is 2.28. The third-order valence-electron chi connectivity index (χ3n) is 0.495. The molecule has 50 valence electrons. The van der Waals surface area contributed by atoms with Gasteiger partial charge in [-0.3, -0.25) is 0 Å². The summed E-state index contributed by atoms with van der Waals surface area (Å²) in [6.45, 7) is 3.42. The minimum Gasteiger partial charge on any atom is -0.325 e. The Hall–Kier alpha value is 0.0700. The molecule has 0 fully saturated rings. The van der Waals surface area contributed by atoms with Gasteiger partial charge in [-0.2, -0.15) is 0 Å². The van der Waals surface area contributed by atoms with Gasteiger partial charge < -0.3 is 10.3 Å². The summed E-state index contributed by atoms with van der Waals surface area (Å²) in [7, 11) is 0. The number of nitrogens with two attached hydrogens (primary N) is 1. The van der Waals surface area contributed by atoms with Gasteiger partial charge in [-0.15, -0.1) is 0 Å². The van der Waals surface area contributed by atoms with E-state index in [4.69, 9.17) is 10.3 Å². The van der Waals surface area contributed by atoms with Crippen LogP contribution in [0.3, 0.4) is 0 Å². The summed E-state index contributed by atoms with van der Waals surface area (Å²) in [5, 5.41) is 0. The second-order valence-electron chi connectivity index (χ2n) is 2.45. The molecule has 0 radical (unpaired) electrons. The van der Waals surface area contributed by atoms with E-state index in [2.05, 4.69) is 0 Å². The highest BCUT2D eigenvalue weighted by Gasteiger charge is 2.12. The van der Waals surface area contributed by atoms with E-state index in [-0.39, 0.29) is 5.75 Å². The van der Waals surface area contributed by atoms with Crippen LogP contribution in [0.25, 0.3) is 0 Å².